The summed E-state index contributed by atoms with van der Waals surface area (Å²) in [7, 11) is 0. The molecule has 1 unspecified atom stereocenters. The van der Waals surface area contributed by atoms with E-state index in [4.69, 9.17) is 14.2 Å². The fraction of sp³-hybridized carbons (Fsp3) is 0.786. The summed E-state index contributed by atoms with van der Waals surface area (Å²) in [6.07, 6.45) is 8.53. The Bertz CT molecular complexity index is 938. The molecule has 4 fully saturated rings. The lowest BCUT2D eigenvalue weighted by atomic mass is 9.46. The van der Waals surface area contributed by atoms with Crippen molar-refractivity contribution in [3.05, 3.63) is 23.8 Å². The van der Waals surface area contributed by atoms with Gasteiger partial charge >= 0.3 is 0 Å². The van der Waals surface area contributed by atoms with Crippen LogP contribution >= 0.6 is 0 Å². The summed E-state index contributed by atoms with van der Waals surface area (Å²) < 4.78 is 17.5. The molecule has 8 nitrogen and oxygen atoms in total. The van der Waals surface area contributed by atoms with Crippen molar-refractivity contribution in [2.75, 3.05) is 26.4 Å². The Labute approximate surface area is 212 Å². The van der Waals surface area contributed by atoms with Crippen molar-refractivity contribution >= 4 is 11.6 Å². The molecule has 0 aromatic heterocycles. The average Bonchev–Trinajstić information content (AvgIpc) is 3.09. The number of hydrogen-bond donors (Lipinski definition) is 3. The van der Waals surface area contributed by atoms with E-state index in [1.807, 2.05) is 13.0 Å². The number of aliphatic hydroxyl groups excluding tert-OH is 2. The van der Waals surface area contributed by atoms with Crippen LogP contribution in [0.5, 0.6) is 0 Å². The Morgan fingerprint density at radius 1 is 1.19 bits per heavy atom. The first-order valence-electron chi connectivity index (χ1n) is 13.5. The van der Waals surface area contributed by atoms with Crippen molar-refractivity contribution in [1.82, 2.24) is 0 Å². The van der Waals surface area contributed by atoms with Gasteiger partial charge in [0.1, 0.15) is 6.61 Å². The van der Waals surface area contributed by atoms with Gasteiger partial charge in [0.15, 0.2) is 23.5 Å². The van der Waals surface area contributed by atoms with E-state index in [1.165, 1.54) is 0 Å². The van der Waals surface area contributed by atoms with Crippen molar-refractivity contribution < 1.29 is 39.1 Å². The molecule has 0 amide bonds. The average molecular weight is 505 g/mol. The Kier molecular flexibility index (Phi) is 7.07. The van der Waals surface area contributed by atoms with Gasteiger partial charge in [-0.1, -0.05) is 25.5 Å². The number of Topliss-reactive ketones (excluding diaryl/α,β-unsaturated/α-hetero) is 1. The molecule has 8 heteroatoms. The van der Waals surface area contributed by atoms with Gasteiger partial charge in [0.2, 0.25) is 0 Å². The molecule has 200 valence electrons. The predicted octanol–water partition coefficient (Wildman–Crippen LogP) is 2.10. The van der Waals surface area contributed by atoms with Gasteiger partial charge in [0.25, 0.3) is 0 Å². The minimum absolute atomic E-state index is 0.0193. The van der Waals surface area contributed by atoms with Gasteiger partial charge in [-0.05, 0) is 68.9 Å². The largest absolute Gasteiger partial charge is 0.393 e. The van der Waals surface area contributed by atoms with Gasteiger partial charge in [-0.25, -0.2) is 0 Å². The molecule has 36 heavy (non-hydrogen) atoms. The van der Waals surface area contributed by atoms with E-state index in [0.717, 1.165) is 37.7 Å². The molecule has 3 N–H and O–H groups in total. The van der Waals surface area contributed by atoms with E-state index >= 15 is 0 Å². The molecule has 5 aliphatic rings. The minimum atomic E-state index is -1.91. The summed E-state index contributed by atoms with van der Waals surface area (Å²) in [5.41, 5.74) is -2.25. The zero-order valence-corrected chi connectivity index (χ0v) is 21.4. The molecule has 3 saturated carbocycles. The number of ketones is 2. The molecule has 0 radical (unpaired) electrons. The number of carbonyl (C=O) groups is 2. The molecule has 1 aliphatic heterocycles. The fourth-order valence-electron chi connectivity index (χ4n) is 8.33. The van der Waals surface area contributed by atoms with Crippen LogP contribution in [0.4, 0.5) is 0 Å². The number of fused-ring (bicyclic) bond motifs is 5. The third-order valence-electron chi connectivity index (χ3n) is 10.1. The summed E-state index contributed by atoms with van der Waals surface area (Å²) in [6, 6.07) is 0. The SMILES string of the molecule is C[C@]12C=CC(=O)C=C1CC[C@@H]1[C@@H]2[C@@H](O)C[C@@]2(C)[C@H]1C[C@@H](OCCOC1CCCCO1)[C@]2(O)C(=O)CO. The number of rotatable bonds is 7. The summed E-state index contributed by atoms with van der Waals surface area (Å²) >= 11 is 0. The monoisotopic (exact) mass is 504 g/mol. The topological polar surface area (TPSA) is 123 Å². The normalized spacial score (nSPS) is 46.0. The standard InChI is InChI=1S/C28H40O8/c1-26-9-8-18(30)13-17(26)6-7-19-20-14-23(34-11-12-36-24-5-3-4-10-35-24)28(33,22(32)16-29)27(20,2)15-21(31)25(19)26/h8-9,13,19-21,23-25,29,31,33H,3-7,10-12,14-16H2,1-2H3/t19-,20-,21-,23+,24?,25+,26-,27-,28+/m0/s1. The van der Waals surface area contributed by atoms with Crippen LogP contribution < -0.4 is 0 Å². The maximum Gasteiger partial charge on any atom is 0.192 e. The van der Waals surface area contributed by atoms with Crippen LogP contribution in [0, 0.1) is 28.6 Å². The maximum absolute atomic E-state index is 13.1. The highest BCUT2D eigenvalue weighted by Crippen LogP contribution is 2.67. The van der Waals surface area contributed by atoms with Crippen LogP contribution in [-0.2, 0) is 23.8 Å². The summed E-state index contributed by atoms with van der Waals surface area (Å²) in [5, 5.41) is 33.3. The van der Waals surface area contributed by atoms with Crippen molar-refractivity contribution in [1.29, 1.82) is 0 Å². The van der Waals surface area contributed by atoms with E-state index in [-0.39, 0.29) is 49.5 Å². The Morgan fingerprint density at radius 3 is 2.69 bits per heavy atom. The van der Waals surface area contributed by atoms with Gasteiger partial charge < -0.3 is 29.5 Å². The van der Waals surface area contributed by atoms with Crippen molar-refractivity contribution in [3.8, 4) is 0 Å². The first kappa shape index (κ1) is 26.2. The Balaban J connectivity index is 1.38. The number of carbonyl (C=O) groups excluding carboxylic acids is 2. The second-order valence-corrected chi connectivity index (χ2v) is 11.8. The van der Waals surface area contributed by atoms with Crippen molar-refractivity contribution in [2.24, 2.45) is 28.6 Å². The van der Waals surface area contributed by atoms with E-state index in [0.29, 0.717) is 13.0 Å². The van der Waals surface area contributed by atoms with E-state index in [2.05, 4.69) is 6.92 Å². The highest BCUT2D eigenvalue weighted by Gasteiger charge is 2.71. The quantitative estimate of drug-likeness (QED) is 0.451. The van der Waals surface area contributed by atoms with Crippen LogP contribution in [0.3, 0.4) is 0 Å². The number of allylic oxidation sites excluding steroid dienone is 4. The Hall–Kier alpha value is -1.42. The molecule has 5 rings (SSSR count). The molecule has 0 aromatic carbocycles. The zero-order chi connectivity index (χ0) is 25.7. The lowest BCUT2D eigenvalue weighted by molar-refractivity contribution is -0.201. The maximum atomic E-state index is 13.1. The molecular weight excluding hydrogens is 464 g/mol. The van der Waals surface area contributed by atoms with Gasteiger partial charge in [-0.2, -0.15) is 0 Å². The second-order valence-electron chi connectivity index (χ2n) is 11.8. The van der Waals surface area contributed by atoms with Crippen LogP contribution in [0.2, 0.25) is 0 Å². The molecule has 4 aliphatic carbocycles. The van der Waals surface area contributed by atoms with Gasteiger partial charge in [-0.15, -0.1) is 0 Å². The number of ether oxygens (including phenoxy) is 3. The molecule has 0 bridgehead atoms. The molecule has 0 spiro atoms. The first-order valence-corrected chi connectivity index (χ1v) is 13.5. The number of hydrogen-bond acceptors (Lipinski definition) is 8. The molecule has 1 saturated heterocycles. The van der Waals surface area contributed by atoms with Crippen LogP contribution in [0.25, 0.3) is 0 Å². The highest BCUT2D eigenvalue weighted by atomic mass is 16.7. The van der Waals surface area contributed by atoms with E-state index in [9.17, 15) is 24.9 Å². The predicted molar refractivity (Wildman–Crippen MR) is 130 cm³/mol. The van der Waals surface area contributed by atoms with Gasteiger partial charge in [0.05, 0.1) is 25.4 Å². The van der Waals surface area contributed by atoms with Crippen molar-refractivity contribution in [2.45, 2.75) is 82.9 Å². The highest BCUT2D eigenvalue weighted by molar-refractivity contribution is 6.01. The first-order chi connectivity index (χ1) is 17.1. The summed E-state index contributed by atoms with van der Waals surface area (Å²) in [6.45, 7) is 4.33. The second kappa shape index (κ2) is 9.71. The van der Waals surface area contributed by atoms with E-state index < -0.39 is 41.0 Å². The number of aliphatic hydroxyl groups is 3. The Morgan fingerprint density at radius 2 is 1.97 bits per heavy atom. The molecular formula is C28H40O8. The van der Waals surface area contributed by atoms with Gasteiger partial charge in [0, 0.05) is 23.4 Å². The van der Waals surface area contributed by atoms with Crippen LogP contribution in [0.1, 0.15) is 58.8 Å². The lowest BCUT2D eigenvalue weighted by Crippen LogP contribution is -2.64. The van der Waals surface area contributed by atoms with Crippen LogP contribution in [-0.4, -0.2) is 77.4 Å². The van der Waals surface area contributed by atoms with Gasteiger partial charge in [-0.3, -0.25) is 9.59 Å². The summed E-state index contributed by atoms with van der Waals surface area (Å²) in [5.74, 6) is -0.848. The smallest absolute Gasteiger partial charge is 0.192 e. The summed E-state index contributed by atoms with van der Waals surface area (Å²) in [4.78, 5) is 25.2. The third kappa shape index (κ3) is 3.96. The lowest BCUT2D eigenvalue weighted by Gasteiger charge is -2.59. The molecule has 9 atom stereocenters. The van der Waals surface area contributed by atoms with E-state index in [1.54, 1.807) is 12.2 Å². The third-order valence-corrected chi connectivity index (χ3v) is 10.1. The molecule has 1 heterocycles. The van der Waals surface area contributed by atoms with Crippen molar-refractivity contribution in [3.63, 3.8) is 0 Å². The van der Waals surface area contributed by atoms with Crippen LogP contribution in [0.15, 0.2) is 23.8 Å². The zero-order valence-electron chi connectivity index (χ0n) is 21.4. The minimum Gasteiger partial charge on any atom is -0.393 e. The molecule has 0 aromatic rings. The fourth-order valence-corrected chi connectivity index (χ4v) is 8.33.